The lowest BCUT2D eigenvalue weighted by molar-refractivity contribution is -0.141. The Kier molecular flexibility index (Phi) is 7.96. The Balaban J connectivity index is 1.47. The molecule has 4 N–H and O–H groups in total. The number of hydrogen-bond donors (Lipinski definition) is 3. The van der Waals surface area contributed by atoms with Gasteiger partial charge in [-0.25, -0.2) is 14.3 Å². The number of pyridine rings is 1. The number of aromatic nitrogens is 5. The largest absolute Gasteiger partial charge is 0.433 e. The first kappa shape index (κ1) is 31.0. The minimum Gasteiger partial charge on any atom is -0.365 e. The maximum atomic E-state index is 13.3. The molecule has 3 aromatic heterocycles. The fraction of sp³-hybridized carbons (Fsp3) is 0.219. The molecule has 2 amide bonds. The molecule has 10 nitrogen and oxygen atoms in total. The van der Waals surface area contributed by atoms with E-state index in [4.69, 9.17) is 5.73 Å². The molecule has 232 valence electrons. The Labute approximate surface area is 257 Å². The molecule has 0 aliphatic carbocycles. The van der Waals surface area contributed by atoms with Gasteiger partial charge in [0.15, 0.2) is 0 Å². The van der Waals surface area contributed by atoms with E-state index in [1.54, 1.807) is 35.9 Å². The number of halogens is 3. The highest BCUT2D eigenvalue weighted by Gasteiger charge is 2.33. The number of nitrogens with one attached hydrogen (secondary N) is 2. The molecule has 2 aromatic carbocycles. The van der Waals surface area contributed by atoms with Crippen molar-refractivity contribution in [2.75, 3.05) is 10.6 Å². The smallest absolute Gasteiger partial charge is 0.365 e. The SMILES string of the molecule is Cc1nn(-c2ccccc2)c(C)c1C(=O)Nc1ccc(-c2nn(C(C)(C)C)c(Nc3cccc(C(F)(F)F)n3)c2C(N)=O)cc1. The number of benzene rings is 2. The number of carbonyl (C=O) groups is 2. The van der Waals surface area contributed by atoms with E-state index in [-0.39, 0.29) is 28.8 Å². The van der Waals surface area contributed by atoms with Crippen LogP contribution in [-0.2, 0) is 11.7 Å². The zero-order valence-corrected chi connectivity index (χ0v) is 25.2. The summed E-state index contributed by atoms with van der Waals surface area (Å²) in [5.74, 6) is -1.22. The predicted molar refractivity (Wildman–Crippen MR) is 165 cm³/mol. The molecular formula is C32H31F3N8O2. The minimum absolute atomic E-state index is 0.0273. The van der Waals surface area contributed by atoms with Gasteiger partial charge >= 0.3 is 6.18 Å². The molecule has 5 aromatic rings. The van der Waals surface area contributed by atoms with Crippen molar-refractivity contribution in [1.82, 2.24) is 24.5 Å². The predicted octanol–water partition coefficient (Wildman–Crippen LogP) is 6.62. The molecule has 0 saturated carbocycles. The van der Waals surface area contributed by atoms with Crippen LogP contribution in [0.2, 0.25) is 0 Å². The van der Waals surface area contributed by atoms with Crippen LogP contribution in [0.25, 0.3) is 16.9 Å². The Morgan fingerprint density at radius 1 is 0.844 bits per heavy atom. The number of nitrogens with zero attached hydrogens (tertiary/aromatic N) is 5. The first-order valence-electron chi connectivity index (χ1n) is 13.9. The zero-order valence-electron chi connectivity index (χ0n) is 25.2. The normalized spacial score (nSPS) is 11.8. The third-order valence-electron chi connectivity index (χ3n) is 6.99. The monoisotopic (exact) mass is 616 g/mol. The van der Waals surface area contributed by atoms with Gasteiger partial charge in [-0.05, 0) is 71.0 Å². The van der Waals surface area contributed by atoms with Crippen molar-refractivity contribution >= 4 is 29.1 Å². The van der Waals surface area contributed by atoms with Crippen LogP contribution in [-0.4, -0.2) is 36.4 Å². The van der Waals surface area contributed by atoms with Gasteiger partial charge in [-0.2, -0.15) is 23.4 Å². The molecule has 45 heavy (non-hydrogen) atoms. The maximum absolute atomic E-state index is 13.3. The lowest BCUT2D eigenvalue weighted by atomic mass is 10.1. The summed E-state index contributed by atoms with van der Waals surface area (Å²) in [6.45, 7) is 9.05. The fourth-order valence-corrected chi connectivity index (χ4v) is 4.93. The fourth-order valence-electron chi connectivity index (χ4n) is 4.93. The van der Waals surface area contributed by atoms with Crippen LogP contribution in [0.5, 0.6) is 0 Å². The second kappa shape index (κ2) is 11.6. The van der Waals surface area contributed by atoms with Crippen LogP contribution in [0.15, 0.2) is 72.8 Å². The van der Waals surface area contributed by atoms with Crippen molar-refractivity contribution < 1.29 is 22.8 Å². The van der Waals surface area contributed by atoms with E-state index in [0.717, 1.165) is 11.8 Å². The van der Waals surface area contributed by atoms with Gasteiger partial charge in [0, 0.05) is 11.3 Å². The Hall–Kier alpha value is -5.46. The highest BCUT2D eigenvalue weighted by atomic mass is 19.4. The second-order valence-corrected chi connectivity index (χ2v) is 11.4. The topological polar surface area (TPSA) is 133 Å². The molecule has 0 radical (unpaired) electrons. The number of primary amides is 1. The first-order valence-corrected chi connectivity index (χ1v) is 13.9. The molecule has 0 bridgehead atoms. The van der Waals surface area contributed by atoms with Gasteiger partial charge in [-0.3, -0.25) is 9.59 Å². The van der Waals surface area contributed by atoms with Crippen LogP contribution in [0.3, 0.4) is 0 Å². The van der Waals surface area contributed by atoms with Crippen LogP contribution in [0, 0.1) is 13.8 Å². The van der Waals surface area contributed by atoms with E-state index >= 15 is 0 Å². The molecule has 0 atom stereocenters. The molecule has 0 unspecified atom stereocenters. The lowest BCUT2D eigenvalue weighted by Gasteiger charge is -2.23. The van der Waals surface area contributed by atoms with Gasteiger partial charge in [0.2, 0.25) is 0 Å². The number of anilines is 3. The maximum Gasteiger partial charge on any atom is 0.433 e. The summed E-state index contributed by atoms with van der Waals surface area (Å²) >= 11 is 0. The molecule has 13 heteroatoms. The van der Waals surface area contributed by atoms with Crippen LogP contribution >= 0.6 is 0 Å². The van der Waals surface area contributed by atoms with Gasteiger partial charge in [-0.1, -0.05) is 36.4 Å². The number of alkyl halides is 3. The molecule has 0 spiro atoms. The van der Waals surface area contributed by atoms with E-state index in [1.165, 1.54) is 16.8 Å². The molecular weight excluding hydrogens is 585 g/mol. The molecule has 0 aliphatic heterocycles. The lowest BCUT2D eigenvalue weighted by Crippen LogP contribution is -2.25. The summed E-state index contributed by atoms with van der Waals surface area (Å²) in [6.07, 6.45) is -4.66. The summed E-state index contributed by atoms with van der Waals surface area (Å²) < 4.78 is 43.1. The van der Waals surface area contributed by atoms with E-state index in [2.05, 4.69) is 25.8 Å². The summed E-state index contributed by atoms with van der Waals surface area (Å²) in [7, 11) is 0. The van der Waals surface area contributed by atoms with Crippen molar-refractivity contribution in [3.05, 3.63) is 101 Å². The molecule has 0 fully saturated rings. The summed E-state index contributed by atoms with van der Waals surface area (Å²) in [5.41, 5.74) is 7.69. The molecule has 0 aliphatic rings. The van der Waals surface area contributed by atoms with Crippen molar-refractivity contribution in [2.24, 2.45) is 5.73 Å². The Bertz CT molecular complexity index is 1890. The highest BCUT2D eigenvalue weighted by molar-refractivity contribution is 6.06. The number of nitrogens with two attached hydrogens (primary N) is 1. The van der Waals surface area contributed by atoms with Crippen LogP contribution in [0.1, 0.15) is 58.6 Å². The number of carbonyl (C=O) groups excluding carboxylic acids is 2. The summed E-state index contributed by atoms with van der Waals surface area (Å²) in [4.78, 5) is 29.7. The number of rotatable bonds is 7. The number of para-hydroxylation sites is 1. The van der Waals surface area contributed by atoms with Gasteiger partial charge in [0.1, 0.15) is 28.6 Å². The molecule has 0 saturated heterocycles. The van der Waals surface area contributed by atoms with E-state index in [1.807, 2.05) is 58.0 Å². The minimum atomic E-state index is -4.66. The van der Waals surface area contributed by atoms with Gasteiger partial charge in [0.05, 0.1) is 28.2 Å². The van der Waals surface area contributed by atoms with Gasteiger partial charge in [-0.15, -0.1) is 0 Å². The molecule has 3 heterocycles. The van der Waals surface area contributed by atoms with Crippen LogP contribution < -0.4 is 16.4 Å². The van der Waals surface area contributed by atoms with E-state index in [0.29, 0.717) is 28.2 Å². The van der Waals surface area contributed by atoms with Gasteiger partial charge in [0.25, 0.3) is 11.8 Å². The van der Waals surface area contributed by atoms with Crippen molar-refractivity contribution in [2.45, 2.75) is 46.3 Å². The van der Waals surface area contributed by atoms with Crippen molar-refractivity contribution in [3.63, 3.8) is 0 Å². The van der Waals surface area contributed by atoms with Crippen LogP contribution in [0.4, 0.5) is 30.5 Å². The Morgan fingerprint density at radius 2 is 1.51 bits per heavy atom. The van der Waals surface area contributed by atoms with E-state index in [9.17, 15) is 22.8 Å². The highest BCUT2D eigenvalue weighted by Crippen LogP contribution is 2.35. The number of amides is 2. The van der Waals surface area contributed by atoms with E-state index < -0.39 is 23.3 Å². The summed E-state index contributed by atoms with van der Waals surface area (Å²) in [5, 5.41) is 14.9. The average Bonchev–Trinajstić information content (AvgIpc) is 3.50. The quantitative estimate of drug-likeness (QED) is 0.188. The third kappa shape index (κ3) is 6.28. The summed E-state index contributed by atoms with van der Waals surface area (Å²) in [6, 6.07) is 19.5. The van der Waals surface area contributed by atoms with Gasteiger partial charge < -0.3 is 16.4 Å². The second-order valence-electron chi connectivity index (χ2n) is 11.4. The number of hydrogen-bond acceptors (Lipinski definition) is 6. The van der Waals surface area contributed by atoms with Crippen molar-refractivity contribution in [3.8, 4) is 16.9 Å². The zero-order chi connectivity index (χ0) is 32.7. The third-order valence-corrected chi connectivity index (χ3v) is 6.99. The number of aryl methyl sites for hydroxylation is 1. The Morgan fingerprint density at radius 3 is 2.11 bits per heavy atom. The van der Waals surface area contributed by atoms with Crippen molar-refractivity contribution in [1.29, 1.82) is 0 Å². The standard InChI is InChI=1S/C32H31F3N8O2/c1-18-25(19(2)42(40-18)22-10-7-6-8-11-22)30(45)37-21-16-14-20(15-17-21)27-26(28(36)44)29(43(41-27)31(3,4)5)39-24-13-9-12-23(38-24)32(33,34)35/h6-17H,1-5H3,(H2,36,44)(H,37,45)(H,38,39). The molecule has 5 rings (SSSR count). The average molecular weight is 617 g/mol. The first-order chi connectivity index (χ1) is 21.1.